The number of nitrogens with one attached hydrogen (secondary N) is 1. The Hall–Kier alpha value is -1.93. The maximum atomic E-state index is 12.0. The number of aromatic carboxylic acids is 1. The van der Waals surface area contributed by atoms with E-state index in [1.54, 1.807) is 12.1 Å². The van der Waals surface area contributed by atoms with Gasteiger partial charge in [-0.3, -0.25) is 4.79 Å². The number of amides is 1. The maximum absolute atomic E-state index is 12.0. The Morgan fingerprint density at radius 1 is 1.29 bits per heavy atom. The number of benzene rings is 1. The van der Waals surface area contributed by atoms with Crippen molar-refractivity contribution in [3.8, 4) is 0 Å². The molecule has 1 aliphatic heterocycles. The monoisotopic (exact) mass is 354 g/mol. The molecular weight excluding hydrogens is 332 g/mol. The Kier molecular flexibility index (Phi) is 5.95. The van der Waals surface area contributed by atoms with Crippen LogP contribution in [0.25, 0.3) is 0 Å². The summed E-state index contributed by atoms with van der Waals surface area (Å²) in [5.74, 6) is -0.921. The lowest BCUT2D eigenvalue weighted by Crippen LogP contribution is -2.41. The number of hydrogen-bond acceptors (Lipinski definition) is 4. The van der Waals surface area contributed by atoms with Gasteiger partial charge in [0.05, 0.1) is 18.2 Å². The fraction of sp³-hybridized carbons (Fsp3) is 0.500. The van der Waals surface area contributed by atoms with E-state index in [2.05, 4.69) is 5.32 Å². The molecule has 132 valence electrons. The number of carbonyl (C=O) groups is 2. The van der Waals surface area contributed by atoms with Crippen molar-refractivity contribution in [3.63, 3.8) is 0 Å². The molecule has 24 heavy (non-hydrogen) atoms. The lowest BCUT2D eigenvalue weighted by atomic mass is 9.98. The number of carbonyl (C=O) groups excluding carboxylic acids is 1. The number of hydrogen-bond donors (Lipinski definition) is 2. The van der Waals surface area contributed by atoms with Crippen molar-refractivity contribution in [3.05, 3.63) is 35.4 Å². The first-order valence-electron chi connectivity index (χ1n) is 7.80. The van der Waals surface area contributed by atoms with Crippen LogP contribution >= 0.6 is 0 Å². The van der Waals surface area contributed by atoms with E-state index in [9.17, 15) is 18.0 Å². The predicted molar refractivity (Wildman–Crippen MR) is 89.3 cm³/mol. The zero-order chi connectivity index (χ0) is 17.7. The van der Waals surface area contributed by atoms with Gasteiger partial charge < -0.3 is 10.4 Å². The highest BCUT2D eigenvalue weighted by Crippen LogP contribution is 2.18. The van der Waals surface area contributed by atoms with Gasteiger partial charge in [0.1, 0.15) is 0 Å². The lowest BCUT2D eigenvalue weighted by Gasteiger charge is -2.30. The molecule has 1 aromatic carbocycles. The second kappa shape index (κ2) is 7.76. The van der Waals surface area contributed by atoms with Crippen molar-refractivity contribution in [2.24, 2.45) is 5.92 Å². The third-order valence-corrected chi connectivity index (χ3v) is 5.47. The molecule has 1 heterocycles. The summed E-state index contributed by atoms with van der Waals surface area (Å²) in [7, 11) is -3.13. The van der Waals surface area contributed by atoms with Crippen LogP contribution in [0, 0.1) is 5.92 Å². The molecule has 0 aromatic heterocycles. The Morgan fingerprint density at radius 2 is 1.96 bits per heavy atom. The van der Waals surface area contributed by atoms with Crippen LogP contribution in [0.5, 0.6) is 0 Å². The fourth-order valence-corrected chi connectivity index (χ4v) is 3.64. The van der Waals surface area contributed by atoms with Crippen LogP contribution in [-0.4, -0.2) is 55.6 Å². The smallest absolute Gasteiger partial charge is 0.335 e. The molecule has 0 unspecified atom stereocenters. The molecule has 0 aliphatic carbocycles. The van der Waals surface area contributed by atoms with Crippen LogP contribution in [-0.2, 0) is 21.2 Å². The number of rotatable bonds is 6. The first-order valence-corrected chi connectivity index (χ1v) is 9.64. The molecule has 2 N–H and O–H groups in total. The Morgan fingerprint density at radius 3 is 2.54 bits per heavy atom. The topological polar surface area (TPSA) is 104 Å². The molecule has 1 saturated heterocycles. The van der Waals surface area contributed by atoms with E-state index in [0.29, 0.717) is 25.2 Å². The molecule has 2 rings (SSSR count). The largest absolute Gasteiger partial charge is 0.478 e. The van der Waals surface area contributed by atoms with Gasteiger partial charge >= 0.3 is 5.97 Å². The maximum Gasteiger partial charge on any atom is 0.335 e. The summed E-state index contributed by atoms with van der Waals surface area (Å²) in [6.45, 7) is 1.48. The van der Waals surface area contributed by atoms with Crippen molar-refractivity contribution < 1.29 is 23.1 Å². The molecule has 8 heteroatoms. The van der Waals surface area contributed by atoms with Gasteiger partial charge in [-0.15, -0.1) is 0 Å². The van der Waals surface area contributed by atoms with E-state index in [1.807, 2.05) is 0 Å². The second-order valence-electron chi connectivity index (χ2n) is 6.09. The molecule has 7 nitrogen and oxygen atoms in total. The summed E-state index contributed by atoms with van der Waals surface area (Å²) >= 11 is 0. The van der Waals surface area contributed by atoms with Gasteiger partial charge in [-0.2, -0.15) is 0 Å². The Labute approximate surface area is 141 Å². The highest BCUT2D eigenvalue weighted by molar-refractivity contribution is 7.88. The van der Waals surface area contributed by atoms with E-state index in [4.69, 9.17) is 5.11 Å². The number of sulfonamides is 1. The van der Waals surface area contributed by atoms with Gasteiger partial charge in [-0.05, 0) is 36.5 Å². The quantitative estimate of drug-likeness (QED) is 0.783. The molecule has 0 atom stereocenters. The summed E-state index contributed by atoms with van der Waals surface area (Å²) < 4.78 is 24.4. The fourth-order valence-electron chi connectivity index (χ4n) is 2.77. The minimum Gasteiger partial charge on any atom is -0.478 e. The van der Waals surface area contributed by atoms with E-state index in [1.165, 1.54) is 22.7 Å². The van der Waals surface area contributed by atoms with E-state index in [-0.39, 0.29) is 23.8 Å². The summed E-state index contributed by atoms with van der Waals surface area (Å²) in [5.41, 5.74) is 0.813. The molecule has 0 saturated carbocycles. The van der Waals surface area contributed by atoms with Gasteiger partial charge in [0.25, 0.3) is 0 Å². The van der Waals surface area contributed by atoms with Crippen molar-refractivity contribution >= 4 is 21.9 Å². The molecule has 1 amide bonds. The van der Waals surface area contributed by atoms with Crippen LogP contribution < -0.4 is 5.32 Å². The van der Waals surface area contributed by atoms with Crippen LogP contribution in [0.3, 0.4) is 0 Å². The summed E-state index contributed by atoms with van der Waals surface area (Å²) in [4.78, 5) is 22.9. The lowest BCUT2D eigenvalue weighted by molar-refractivity contribution is -0.120. The van der Waals surface area contributed by atoms with Crippen molar-refractivity contribution in [2.75, 3.05) is 25.9 Å². The van der Waals surface area contributed by atoms with Crippen molar-refractivity contribution in [1.29, 1.82) is 0 Å². The Bertz CT molecular complexity index is 709. The standard InChI is InChI=1S/C16H22N2O5S/c1-24(22,23)18-7-5-12(6-8-18)11-17-15(19)10-13-3-2-4-14(9-13)16(20)21/h2-4,9,12H,5-8,10-11H2,1H3,(H,17,19)(H,20,21). The van der Waals surface area contributed by atoms with Gasteiger partial charge in [-0.25, -0.2) is 17.5 Å². The second-order valence-corrected chi connectivity index (χ2v) is 8.07. The number of nitrogens with zero attached hydrogens (tertiary/aromatic N) is 1. The molecular formula is C16H22N2O5S. The van der Waals surface area contributed by atoms with Gasteiger partial charge in [-0.1, -0.05) is 12.1 Å². The van der Waals surface area contributed by atoms with Crippen LogP contribution in [0.4, 0.5) is 0 Å². The summed E-state index contributed by atoms with van der Waals surface area (Å²) in [6.07, 6.45) is 2.79. The van der Waals surface area contributed by atoms with Crippen LogP contribution in [0.1, 0.15) is 28.8 Å². The van der Waals surface area contributed by atoms with Crippen LogP contribution in [0.2, 0.25) is 0 Å². The molecule has 1 fully saturated rings. The third-order valence-electron chi connectivity index (χ3n) is 4.17. The van der Waals surface area contributed by atoms with Crippen molar-refractivity contribution in [2.45, 2.75) is 19.3 Å². The first kappa shape index (κ1) is 18.4. The molecule has 0 bridgehead atoms. The average Bonchev–Trinajstić information content (AvgIpc) is 2.53. The first-order chi connectivity index (χ1) is 11.3. The molecule has 0 spiro atoms. The number of piperidine rings is 1. The number of carboxylic acid groups (broad SMARTS) is 1. The van der Waals surface area contributed by atoms with Crippen molar-refractivity contribution in [1.82, 2.24) is 9.62 Å². The normalized spacial score (nSPS) is 16.7. The van der Waals surface area contributed by atoms with Gasteiger partial charge in [0.15, 0.2) is 0 Å². The molecule has 1 aliphatic rings. The van der Waals surface area contributed by atoms with E-state index in [0.717, 1.165) is 12.8 Å². The summed E-state index contributed by atoms with van der Waals surface area (Å²) in [6, 6.07) is 6.31. The Balaban J connectivity index is 1.78. The zero-order valence-electron chi connectivity index (χ0n) is 13.6. The van der Waals surface area contributed by atoms with E-state index < -0.39 is 16.0 Å². The minimum atomic E-state index is -3.13. The van der Waals surface area contributed by atoms with Crippen LogP contribution in [0.15, 0.2) is 24.3 Å². The van der Waals surface area contributed by atoms with E-state index >= 15 is 0 Å². The average molecular weight is 354 g/mol. The third kappa shape index (κ3) is 5.31. The zero-order valence-corrected chi connectivity index (χ0v) is 14.4. The minimum absolute atomic E-state index is 0.128. The SMILES string of the molecule is CS(=O)(=O)N1CCC(CNC(=O)Cc2cccc(C(=O)O)c2)CC1. The highest BCUT2D eigenvalue weighted by atomic mass is 32.2. The van der Waals surface area contributed by atoms with Gasteiger partial charge in [0.2, 0.25) is 15.9 Å². The predicted octanol–water partition coefficient (Wildman–Crippen LogP) is 0.715. The molecule has 0 radical (unpaired) electrons. The number of carboxylic acids is 1. The summed E-state index contributed by atoms with van der Waals surface area (Å²) in [5, 5.41) is 11.8. The highest BCUT2D eigenvalue weighted by Gasteiger charge is 2.24. The molecule has 1 aromatic rings. The van der Waals surface area contributed by atoms with Gasteiger partial charge in [0, 0.05) is 19.6 Å².